The molecule has 0 bridgehead atoms. The normalized spacial score (nSPS) is 24.2. The zero-order valence-electron chi connectivity index (χ0n) is 22.4. The lowest BCUT2D eigenvalue weighted by molar-refractivity contribution is -0.0592. The summed E-state index contributed by atoms with van der Waals surface area (Å²) in [5.74, 6) is 2.44. The van der Waals surface area contributed by atoms with E-state index < -0.39 is 0 Å². The SMILES string of the molecule is CC(=O)c1ccc2nc(CN3CCC4(c5cccc(OCc6ccccc6)n5)CC4C3)n(C[C@@H]3CCO3)c2c1. The third-order valence-corrected chi connectivity index (χ3v) is 8.83. The molecule has 1 saturated carbocycles. The third-order valence-electron chi connectivity index (χ3n) is 8.83. The van der Waals surface area contributed by atoms with Crippen LogP contribution in [-0.4, -0.2) is 51.0 Å². The molecule has 1 aliphatic carbocycles. The molecular weight excluding hydrogens is 488 g/mol. The van der Waals surface area contributed by atoms with Crippen LogP contribution in [0.25, 0.3) is 11.0 Å². The molecule has 2 unspecified atom stereocenters. The van der Waals surface area contributed by atoms with Gasteiger partial charge in [0.1, 0.15) is 12.4 Å². The van der Waals surface area contributed by atoms with Crippen LogP contribution in [-0.2, 0) is 29.8 Å². The van der Waals surface area contributed by atoms with Gasteiger partial charge >= 0.3 is 0 Å². The summed E-state index contributed by atoms with van der Waals surface area (Å²) in [7, 11) is 0. The van der Waals surface area contributed by atoms with E-state index in [2.05, 4.69) is 33.7 Å². The smallest absolute Gasteiger partial charge is 0.213 e. The van der Waals surface area contributed by atoms with E-state index in [9.17, 15) is 4.79 Å². The van der Waals surface area contributed by atoms with E-state index in [1.54, 1.807) is 6.92 Å². The summed E-state index contributed by atoms with van der Waals surface area (Å²) in [5, 5.41) is 0. The van der Waals surface area contributed by atoms with E-state index in [4.69, 9.17) is 19.4 Å². The van der Waals surface area contributed by atoms with Crippen molar-refractivity contribution in [3.05, 3.63) is 89.4 Å². The second kappa shape index (κ2) is 9.88. The molecule has 2 aromatic heterocycles. The maximum Gasteiger partial charge on any atom is 0.213 e. The molecule has 0 spiro atoms. The molecule has 3 fully saturated rings. The lowest BCUT2D eigenvalue weighted by atomic mass is 9.91. The third kappa shape index (κ3) is 4.74. The first kappa shape index (κ1) is 24.5. The Kier molecular flexibility index (Phi) is 6.21. The van der Waals surface area contributed by atoms with Crippen molar-refractivity contribution in [3.8, 4) is 5.88 Å². The molecule has 7 rings (SSSR count). The number of Topliss-reactive ketones (excluding diaryl/α,β-unsaturated/α-hetero) is 1. The van der Waals surface area contributed by atoms with Crippen molar-refractivity contribution in [2.24, 2.45) is 5.92 Å². The van der Waals surface area contributed by atoms with Crippen LogP contribution in [0.4, 0.5) is 0 Å². The molecule has 4 aromatic rings. The number of likely N-dealkylation sites (tertiary alicyclic amines) is 1. The van der Waals surface area contributed by atoms with Gasteiger partial charge in [-0.2, -0.15) is 0 Å². The molecule has 39 heavy (non-hydrogen) atoms. The monoisotopic (exact) mass is 522 g/mol. The predicted molar refractivity (Wildman–Crippen MR) is 149 cm³/mol. The Labute approximate surface area is 228 Å². The number of piperidine rings is 1. The fourth-order valence-corrected chi connectivity index (χ4v) is 6.32. The Morgan fingerprint density at radius 1 is 1.10 bits per heavy atom. The predicted octanol–water partition coefficient (Wildman–Crippen LogP) is 5.17. The topological polar surface area (TPSA) is 69.5 Å². The van der Waals surface area contributed by atoms with Crippen molar-refractivity contribution in [2.75, 3.05) is 19.7 Å². The van der Waals surface area contributed by atoms with E-state index in [1.165, 1.54) is 12.1 Å². The van der Waals surface area contributed by atoms with Crippen molar-refractivity contribution >= 4 is 16.8 Å². The number of rotatable bonds is 9. The van der Waals surface area contributed by atoms with Crippen LogP contribution in [0.3, 0.4) is 0 Å². The Morgan fingerprint density at radius 3 is 2.74 bits per heavy atom. The summed E-state index contributed by atoms with van der Waals surface area (Å²) in [6.45, 7) is 6.61. The van der Waals surface area contributed by atoms with Gasteiger partial charge in [0.2, 0.25) is 5.88 Å². The number of carbonyl (C=O) groups is 1. The second-order valence-electron chi connectivity index (χ2n) is 11.4. The first-order valence-electron chi connectivity index (χ1n) is 14.1. The maximum atomic E-state index is 12.0. The van der Waals surface area contributed by atoms with Crippen LogP contribution in [0.1, 0.15) is 53.6 Å². The van der Waals surface area contributed by atoms with Crippen molar-refractivity contribution < 1.29 is 14.3 Å². The van der Waals surface area contributed by atoms with Crippen molar-refractivity contribution in [2.45, 2.75) is 57.4 Å². The molecule has 0 amide bonds. The summed E-state index contributed by atoms with van der Waals surface area (Å²) in [4.78, 5) is 24.6. The summed E-state index contributed by atoms with van der Waals surface area (Å²) in [5.41, 5.74) is 5.19. The summed E-state index contributed by atoms with van der Waals surface area (Å²) >= 11 is 0. The molecule has 0 N–H and O–H groups in total. The van der Waals surface area contributed by atoms with Gasteiger partial charge < -0.3 is 14.0 Å². The van der Waals surface area contributed by atoms with E-state index in [0.717, 1.165) is 73.6 Å². The van der Waals surface area contributed by atoms with E-state index in [-0.39, 0.29) is 17.3 Å². The average molecular weight is 523 g/mol. The van der Waals surface area contributed by atoms with Crippen molar-refractivity contribution in [3.63, 3.8) is 0 Å². The second-order valence-corrected chi connectivity index (χ2v) is 11.4. The summed E-state index contributed by atoms with van der Waals surface area (Å²) in [6, 6.07) is 22.3. The Hall–Kier alpha value is -3.55. The molecule has 2 aliphatic heterocycles. The highest BCUT2D eigenvalue weighted by Crippen LogP contribution is 2.58. The number of imidazole rings is 1. The van der Waals surface area contributed by atoms with Gasteiger partial charge in [-0.1, -0.05) is 36.4 Å². The number of hydrogen-bond donors (Lipinski definition) is 0. The van der Waals surface area contributed by atoms with Gasteiger partial charge in [-0.3, -0.25) is 9.69 Å². The molecule has 0 radical (unpaired) electrons. The van der Waals surface area contributed by atoms with Crippen LogP contribution in [0.2, 0.25) is 0 Å². The minimum Gasteiger partial charge on any atom is -0.473 e. The average Bonchev–Trinajstić information content (AvgIpc) is 3.58. The largest absolute Gasteiger partial charge is 0.473 e. The van der Waals surface area contributed by atoms with Gasteiger partial charge in [-0.25, -0.2) is 9.97 Å². The molecule has 2 aromatic carbocycles. The molecule has 4 heterocycles. The summed E-state index contributed by atoms with van der Waals surface area (Å²) in [6.07, 6.45) is 3.56. The van der Waals surface area contributed by atoms with Crippen LogP contribution in [0, 0.1) is 5.92 Å². The lowest BCUT2D eigenvalue weighted by Gasteiger charge is -2.32. The van der Waals surface area contributed by atoms with Gasteiger partial charge in [-0.15, -0.1) is 0 Å². The molecular formula is C32H34N4O3. The Morgan fingerprint density at radius 2 is 1.97 bits per heavy atom. The zero-order chi connectivity index (χ0) is 26.4. The Balaban J connectivity index is 1.06. The number of fused-ring (bicyclic) bond motifs is 2. The quantitative estimate of drug-likeness (QED) is 0.283. The van der Waals surface area contributed by atoms with Crippen LogP contribution in [0.5, 0.6) is 5.88 Å². The molecule has 3 aliphatic rings. The van der Waals surface area contributed by atoms with Gasteiger partial charge in [0.05, 0.1) is 35.9 Å². The molecule has 2 saturated heterocycles. The molecule has 7 heteroatoms. The Bertz CT molecular complexity index is 1510. The number of benzene rings is 2. The van der Waals surface area contributed by atoms with E-state index in [0.29, 0.717) is 18.4 Å². The lowest BCUT2D eigenvalue weighted by Crippen LogP contribution is -2.37. The van der Waals surface area contributed by atoms with Crippen LogP contribution >= 0.6 is 0 Å². The van der Waals surface area contributed by atoms with Crippen LogP contribution in [0.15, 0.2) is 66.7 Å². The summed E-state index contributed by atoms with van der Waals surface area (Å²) < 4.78 is 14.1. The first-order valence-corrected chi connectivity index (χ1v) is 14.1. The number of carbonyl (C=O) groups excluding carboxylic acids is 1. The number of pyridine rings is 1. The van der Waals surface area contributed by atoms with Gasteiger partial charge in [0.25, 0.3) is 0 Å². The van der Waals surface area contributed by atoms with Crippen molar-refractivity contribution in [1.82, 2.24) is 19.4 Å². The maximum absolute atomic E-state index is 12.0. The minimum atomic E-state index is 0.0790. The highest BCUT2D eigenvalue weighted by atomic mass is 16.5. The number of ketones is 1. The van der Waals surface area contributed by atoms with E-state index in [1.807, 2.05) is 42.5 Å². The van der Waals surface area contributed by atoms with Gasteiger partial charge in [0, 0.05) is 30.2 Å². The fourth-order valence-electron chi connectivity index (χ4n) is 6.32. The molecule has 7 nitrogen and oxygen atoms in total. The standard InChI is InChI=1S/C32H34N4O3/c1-22(37)24-10-11-27-28(16-24)36(19-26-12-15-38-26)30(33-27)20-35-14-13-32(17-25(32)18-35)29-8-5-9-31(34-29)39-21-23-6-3-2-4-7-23/h2-11,16,25-26H,12-15,17-21H2,1H3/t25?,26-,32?/m0/s1. The molecule has 200 valence electrons. The van der Waals surface area contributed by atoms with Gasteiger partial charge in [0.15, 0.2) is 5.78 Å². The van der Waals surface area contributed by atoms with Gasteiger partial charge in [-0.05, 0) is 68.5 Å². The number of aromatic nitrogens is 3. The highest BCUT2D eigenvalue weighted by molar-refractivity contribution is 5.97. The minimum absolute atomic E-state index is 0.0790. The van der Waals surface area contributed by atoms with E-state index >= 15 is 0 Å². The van der Waals surface area contributed by atoms with Crippen molar-refractivity contribution in [1.29, 1.82) is 0 Å². The zero-order valence-corrected chi connectivity index (χ0v) is 22.4. The first-order chi connectivity index (χ1) is 19.1. The fraction of sp³-hybridized carbons (Fsp3) is 0.406. The number of nitrogens with zero attached hydrogens (tertiary/aromatic N) is 4. The van der Waals surface area contributed by atoms with Crippen LogP contribution < -0.4 is 4.74 Å². The number of hydrogen-bond acceptors (Lipinski definition) is 6. The number of ether oxygens (including phenoxy) is 2. The highest BCUT2D eigenvalue weighted by Gasteiger charge is 2.58. The molecule has 3 atom stereocenters.